The zero-order chi connectivity index (χ0) is 16.1. The number of aromatic nitrogens is 2. The minimum absolute atomic E-state index is 0.0678. The molecule has 0 unspecified atom stereocenters. The maximum absolute atomic E-state index is 12.1. The van der Waals surface area contributed by atoms with Crippen molar-refractivity contribution in [2.75, 3.05) is 23.3 Å². The average Bonchev–Trinajstić information content (AvgIpc) is 2.79. The van der Waals surface area contributed by atoms with E-state index >= 15 is 0 Å². The van der Waals surface area contributed by atoms with Crippen LogP contribution in [0.25, 0.3) is 0 Å². The van der Waals surface area contributed by atoms with Gasteiger partial charge in [0, 0.05) is 30.2 Å². The van der Waals surface area contributed by atoms with E-state index in [1.54, 1.807) is 4.68 Å². The van der Waals surface area contributed by atoms with Crippen LogP contribution in [-0.2, 0) is 11.3 Å². The van der Waals surface area contributed by atoms with Gasteiger partial charge in [-0.25, -0.2) is 0 Å². The molecule has 5 heteroatoms. The van der Waals surface area contributed by atoms with Gasteiger partial charge in [0.1, 0.15) is 6.54 Å². The van der Waals surface area contributed by atoms with Gasteiger partial charge >= 0.3 is 0 Å². The standard InChI is InChI=1S/C17H24N4O/c1-5-20(6-2)16-9-7-15(8-10-16)18-17(22)12-21-14(4)11-13(3)19-21/h7-11H,5-6,12H2,1-4H3,(H,18,22). The van der Waals surface area contributed by atoms with Crippen molar-refractivity contribution in [1.29, 1.82) is 0 Å². The van der Waals surface area contributed by atoms with E-state index in [0.29, 0.717) is 0 Å². The molecule has 118 valence electrons. The predicted octanol–water partition coefficient (Wildman–Crippen LogP) is 2.98. The first-order valence-electron chi connectivity index (χ1n) is 7.69. The second kappa shape index (κ2) is 7.11. The zero-order valence-electron chi connectivity index (χ0n) is 13.8. The summed E-state index contributed by atoms with van der Waals surface area (Å²) in [6, 6.07) is 9.91. The van der Waals surface area contributed by atoms with Gasteiger partial charge in [0.05, 0.1) is 5.69 Å². The van der Waals surface area contributed by atoms with Crippen LogP contribution >= 0.6 is 0 Å². The maximum atomic E-state index is 12.1. The molecule has 5 nitrogen and oxygen atoms in total. The highest BCUT2D eigenvalue weighted by Gasteiger charge is 2.08. The van der Waals surface area contributed by atoms with Crippen LogP contribution in [0.5, 0.6) is 0 Å². The van der Waals surface area contributed by atoms with E-state index in [1.165, 1.54) is 5.69 Å². The van der Waals surface area contributed by atoms with E-state index in [2.05, 4.69) is 29.2 Å². The van der Waals surface area contributed by atoms with Crippen molar-refractivity contribution in [2.24, 2.45) is 0 Å². The highest BCUT2D eigenvalue weighted by molar-refractivity contribution is 5.90. The lowest BCUT2D eigenvalue weighted by Gasteiger charge is -2.21. The van der Waals surface area contributed by atoms with E-state index in [1.807, 2.05) is 44.2 Å². The molecular weight excluding hydrogens is 276 g/mol. The number of hydrogen-bond donors (Lipinski definition) is 1. The summed E-state index contributed by atoms with van der Waals surface area (Å²) in [4.78, 5) is 14.4. The van der Waals surface area contributed by atoms with Gasteiger partial charge in [-0.3, -0.25) is 9.48 Å². The molecule has 1 aromatic carbocycles. The van der Waals surface area contributed by atoms with Gasteiger partial charge in [-0.05, 0) is 58.0 Å². The third kappa shape index (κ3) is 3.87. The molecule has 0 saturated carbocycles. The molecule has 0 saturated heterocycles. The number of nitrogens with zero attached hydrogens (tertiary/aromatic N) is 3. The number of carbonyl (C=O) groups excluding carboxylic acids is 1. The lowest BCUT2D eigenvalue weighted by atomic mass is 10.2. The number of rotatable bonds is 6. The van der Waals surface area contributed by atoms with Crippen LogP contribution in [-0.4, -0.2) is 28.8 Å². The maximum Gasteiger partial charge on any atom is 0.246 e. The molecular formula is C17H24N4O. The van der Waals surface area contributed by atoms with Crippen molar-refractivity contribution in [2.45, 2.75) is 34.2 Å². The SMILES string of the molecule is CCN(CC)c1ccc(NC(=O)Cn2nc(C)cc2C)cc1. The first kappa shape index (κ1) is 16.1. The summed E-state index contributed by atoms with van der Waals surface area (Å²) in [5.74, 6) is -0.0678. The van der Waals surface area contributed by atoms with Crippen LogP contribution in [0.3, 0.4) is 0 Å². The van der Waals surface area contributed by atoms with Gasteiger partial charge < -0.3 is 10.2 Å². The van der Waals surface area contributed by atoms with Crippen LogP contribution in [0, 0.1) is 13.8 Å². The predicted molar refractivity (Wildman–Crippen MR) is 90.3 cm³/mol. The number of carbonyl (C=O) groups is 1. The largest absolute Gasteiger partial charge is 0.372 e. The second-order valence-electron chi connectivity index (χ2n) is 5.35. The summed E-state index contributed by atoms with van der Waals surface area (Å²) in [6.07, 6.45) is 0. The molecule has 0 fully saturated rings. The lowest BCUT2D eigenvalue weighted by molar-refractivity contribution is -0.116. The van der Waals surface area contributed by atoms with Crippen LogP contribution in [0.15, 0.2) is 30.3 Å². The van der Waals surface area contributed by atoms with E-state index in [0.717, 1.165) is 30.2 Å². The summed E-state index contributed by atoms with van der Waals surface area (Å²) in [5, 5.41) is 7.21. The van der Waals surface area contributed by atoms with Gasteiger partial charge in [-0.15, -0.1) is 0 Å². The topological polar surface area (TPSA) is 50.2 Å². The molecule has 0 bridgehead atoms. The Hall–Kier alpha value is -2.30. The van der Waals surface area contributed by atoms with Crippen LogP contribution < -0.4 is 10.2 Å². The summed E-state index contributed by atoms with van der Waals surface area (Å²) < 4.78 is 1.72. The number of anilines is 2. The van der Waals surface area contributed by atoms with Crippen molar-refractivity contribution >= 4 is 17.3 Å². The quantitative estimate of drug-likeness (QED) is 0.892. The third-order valence-electron chi connectivity index (χ3n) is 3.68. The Labute approximate surface area is 131 Å². The van der Waals surface area contributed by atoms with Crippen molar-refractivity contribution in [1.82, 2.24) is 9.78 Å². The summed E-state index contributed by atoms with van der Waals surface area (Å²) in [5.41, 5.74) is 3.89. The monoisotopic (exact) mass is 300 g/mol. The molecule has 1 N–H and O–H groups in total. The smallest absolute Gasteiger partial charge is 0.246 e. The second-order valence-corrected chi connectivity index (χ2v) is 5.35. The Bertz CT molecular complexity index is 627. The van der Waals surface area contributed by atoms with Gasteiger partial charge in [0.25, 0.3) is 0 Å². The van der Waals surface area contributed by atoms with Gasteiger partial charge in [-0.2, -0.15) is 5.10 Å². The minimum Gasteiger partial charge on any atom is -0.372 e. The fourth-order valence-electron chi connectivity index (χ4n) is 2.52. The Balaban J connectivity index is 1.98. The molecule has 0 aliphatic rings. The van der Waals surface area contributed by atoms with E-state index in [4.69, 9.17) is 0 Å². The minimum atomic E-state index is -0.0678. The first-order chi connectivity index (χ1) is 10.5. The van der Waals surface area contributed by atoms with Gasteiger partial charge in [-0.1, -0.05) is 0 Å². The Morgan fingerprint density at radius 1 is 1.18 bits per heavy atom. The Morgan fingerprint density at radius 3 is 2.32 bits per heavy atom. The molecule has 1 amide bonds. The number of aryl methyl sites for hydroxylation is 2. The number of amides is 1. The third-order valence-corrected chi connectivity index (χ3v) is 3.68. The first-order valence-corrected chi connectivity index (χ1v) is 7.69. The lowest BCUT2D eigenvalue weighted by Crippen LogP contribution is -2.22. The molecule has 0 aliphatic heterocycles. The molecule has 1 aromatic heterocycles. The van der Waals surface area contributed by atoms with Crippen LogP contribution in [0.1, 0.15) is 25.2 Å². The number of nitrogens with one attached hydrogen (secondary N) is 1. The van der Waals surface area contributed by atoms with Crippen LogP contribution in [0.4, 0.5) is 11.4 Å². The summed E-state index contributed by atoms with van der Waals surface area (Å²) in [7, 11) is 0. The fourth-order valence-corrected chi connectivity index (χ4v) is 2.52. The Kier molecular flexibility index (Phi) is 5.20. The van der Waals surface area contributed by atoms with Crippen molar-refractivity contribution in [3.05, 3.63) is 41.7 Å². The Morgan fingerprint density at radius 2 is 1.82 bits per heavy atom. The van der Waals surface area contributed by atoms with Crippen LogP contribution in [0.2, 0.25) is 0 Å². The highest BCUT2D eigenvalue weighted by atomic mass is 16.2. The van der Waals surface area contributed by atoms with Crippen molar-refractivity contribution in [3.8, 4) is 0 Å². The molecule has 2 aromatic rings. The van der Waals surface area contributed by atoms with E-state index in [9.17, 15) is 4.79 Å². The van der Waals surface area contributed by atoms with Gasteiger partial charge in [0.15, 0.2) is 0 Å². The fraction of sp³-hybridized carbons (Fsp3) is 0.412. The molecule has 2 rings (SSSR count). The molecule has 0 aliphatic carbocycles. The average molecular weight is 300 g/mol. The van der Waals surface area contributed by atoms with Gasteiger partial charge in [0.2, 0.25) is 5.91 Å². The normalized spacial score (nSPS) is 10.5. The molecule has 0 radical (unpaired) electrons. The summed E-state index contributed by atoms with van der Waals surface area (Å²) in [6.45, 7) is 10.3. The highest BCUT2D eigenvalue weighted by Crippen LogP contribution is 2.17. The van der Waals surface area contributed by atoms with E-state index < -0.39 is 0 Å². The molecule has 0 spiro atoms. The van der Waals surface area contributed by atoms with E-state index in [-0.39, 0.29) is 12.5 Å². The van der Waals surface area contributed by atoms with Crippen molar-refractivity contribution < 1.29 is 4.79 Å². The number of benzene rings is 1. The molecule has 22 heavy (non-hydrogen) atoms. The zero-order valence-corrected chi connectivity index (χ0v) is 13.8. The molecule has 0 atom stereocenters. The number of hydrogen-bond acceptors (Lipinski definition) is 3. The van der Waals surface area contributed by atoms with Crippen molar-refractivity contribution in [3.63, 3.8) is 0 Å². The summed E-state index contributed by atoms with van der Waals surface area (Å²) >= 11 is 0. The molecule has 1 heterocycles.